The number of nitrogens with zero attached hydrogens (tertiary/aromatic N) is 2. The van der Waals surface area contributed by atoms with Crippen LogP contribution in [0.5, 0.6) is 0 Å². The first-order chi connectivity index (χ1) is 8.87. The van der Waals surface area contributed by atoms with Crippen LogP contribution >= 0.6 is 0 Å². The molecule has 0 aliphatic carbocycles. The number of para-hydroxylation sites is 1. The largest absolute Gasteiger partial charge is 0.390 e. The van der Waals surface area contributed by atoms with Gasteiger partial charge in [-0.2, -0.15) is 18.3 Å². The van der Waals surface area contributed by atoms with Crippen LogP contribution < -0.4 is 5.32 Å². The highest BCUT2D eigenvalue weighted by atomic mass is 19.4. The maximum Gasteiger partial charge on any atom is 0.390 e. The molecule has 2 aromatic rings. The summed E-state index contributed by atoms with van der Waals surface area (Å²) in [7, 11) is 1.82. The zero-order valence-corrected chi connectivity index (χ0v) is 10.8. The first kappa shape index (κ1) is 13.9. The molecule has 19 heavy (non-hydrogen) atoms. The van der Waals surface area contributed by atoms with Crippen molar-refractivity contribution < 1.29 is 13.2 Å². The van der Waals surface area contributed by atoms with Gasteiger partial charge >= 0.3 is 6.18 Å². The lowest BCUT2D eigenvalue weighted by atomic mass is 10.2. The van der Waals surface area contributed by atoms with Crippen molar-refractivity contribution in [1.82, 2.24) is 15.1 Å². The van der Waals surface area contributed by atoms with E-state index in [1.165, 1.54) is 6.92 Å². The summed E-state index contributed by atoms with van der Waals surface area (Å²) in [5, 5.41) is 8.17. The molecule has 0 amide bonds. The smallest absolute Gasteiger partial charge is 0.308 e. The van der Waals surface area contributed by atoms with Crippen LogP contribution in [-0.4, -0.2) is 22.0 Å². The highest BCUT2D eigenvalue weighted by molar-refractivity contribution is 5.81. The van der Waals surface area contributed by atoms with Crippen molar-refractivity contribution >= 4 is 10.9 Å². The lowest BCUT2D eigenvalue weighted by molar-refractivity contribution is -0.139. The third-order valence-corrected chi connectivity index (χ3v) is 2.99. The number of nitrogens with one attached hydrogen (secondary N) is 1. The maximum atomic E-state index is 12.2. The molecule has 0 bridgehead atoms. The normalized spacial score (nSPS) is 13.9. The van der Waals surface area contributed by atoms with Gasteiger partial charge in [0.15, 0.2) is 0 Å². The molecule has 0 radical (unpaired) electrons. The number of alkyl halides is 3. The molecule has 104 valence electrons. The van der Waals surface area contributed by atoms with E-state index in [0.29, 0.717) is 6.54 Å². The number of fused-ring (bicyclic) bond motifs is 1. The highest BCUT2D eigenvalue weighted by Gasteiger charge is 2.29. The zero-order chi connectivity index (χ0) is 14.0. The van der Waals surface area contributed by atoms with Gasteiger partial charge in [-0.05, 0) is 13.0 Å². The van der Waals surface area contributed by atoms with Crippen molar-refractivity contribution in [3.63, 3.8) is 0 Å². The number of hydrogen-bond donors (Lipinski definition) is 1. The molecule has 0 aliphatic rings. The monoisotopic (exact) mass is 271 g/mol. The highest BCUT2D eigenvalue weighted by Crippen LogP contribution is 2.22. The number of aromatic nitrogens is 2. The van der Waals surface area contributed by atoms with Crippen molar-refractivity contribution in [3.05, 3.63) is 30.0 Å². The lowest BCUT2D eigenvalue weighted by Gasteiger charge is -2.14. The second kappa shape index (κ2) is 5.21. The average molecular weight is 271 g/mol. The van der Waals surface area contributed by atoms with Crippen LogP contribution in [0, 0.1) is 0 Å². The Morgan fingerprint density at radius 1 is 1.32 bits per heavy atom. The minimum atomic E-state index is -4.14. The average Bonchev–Trinajstić information content (AvgIpc) is 2.62. The molecule has 3 nitrogen and oxygen atoms in total. The molecule has 1 aromatic heterocycles. The topological polar surface area (TPSA) is 29.9 Å². The van der Waals surface area contributed by atoms with Gasteiger partial charge in [0.05, 0.1) is 17.6 Å². The second-order valence-electron chi connectivity index (χ2n) is 4.69. The molecule has 2 rings (SSSR count). The third-order valence-electron chi connectivity index (χ3n) is 2.99. The number of halogens is 3. The predicted molar refractivity (Wildman–Crippen MR) is 67.7 cm³/mol. The van der Waals surface area contributed by atoms with E-state index in [0.717, 1.165) is 16.6 Å². The Kier molecular flexibility index (Phi) is 3.80. The van der Waals surface area contributed by atoms with Crippen LogP contribution in [0.25, 0.3) is 10.9 Å². The number of rotatable bonds is 4. The molecule has 6 heteroatoms. The van der Waals surface area contributed by atoms with Gasteiger partial charge in [0.2, 0.25) is 0 Å². The molecule has 1 aromatic carbocycles. The van der Waals surface area contributed by atoms with Crippen molar-refractivity contribution in [1.29, 1.82) is 0 Å². The van der Waals surface area contributed by atoms with Crippen LogP contribution in [-0.2, 0) is 13.6 Å². The Morgan fingerprint density at radius 3 is 2.68 bits per heavy atom. The van der Waals surface area contributed by atoms with E-state index in [1.807, 2.05) is 31.3 Å². The summed E-state index contributed by atoms with van der Waals surface area (Å²) in [6.07, 6.45) is -4.98. The van der Waals surface area contributed by atoms with Crippen molar-refractivity contribution in [3.8, 4) is 0 Å². The molecule has 0 saturated heterocycles. The van der Waals surface area contributed by atoms with Gasteiger partial charge in [-0.15, -0.1) is 0 Å². The van der Waals surface area contributed by atoms with Crippen LogP contribution in [0.2, 0.25) is 0 Å². The van der Waals surface area contributed by atoms with Crippen molar-refractivity contribution in [2.24, 2.45) is 7.05 Å². The predicted octanol–water partition coefficient (Wildman–Crippen LogP) is 3.00. The minimum Gasteiger partial charge on any atom is -0.308 e. The molecule has 1 heterocycles. The van der Waals surface area contributed by atoms with Gasteiger partial charge in [0, 0.05) is 25.0 Å². The maximum absolute atomic E-state index is 12.2. The summed E-state index contributed by atoms with van der Waals surface area (Å²) in [6.45, 7) is 1.86. The molecule has 1 N–H and O–H groups in total. The molecule has 1 unspecified atom stereocenters. The quantitative estimate of drug-likeness (QED) is 0.926. The Bertz CT molecular complexity index is 560. The van der Waals surface area contributed by atoms with Crippen molar-refractivity contribution in [2.75, 3.05) is 0 Å². The lowest BCUT2D eigenvalue weighted by Crippen LogP contribution is -2.30. The Morgan fingerprint density at radius 2 is 2.00 bits per heavy atom. The number of benzene rings is 1. The summed E-state index contributed by atoms with van der Waals surface area (Å²) in [5.74, 6) is 0. The Labute approximate surface area is 109 Å². The van der Waals surface area contributed by atoms with E-state index in [9.17, 15) is 13.2 Å². The summed E-state index contributed by atoms with van der Waals surface area (Å²) >= 11 is 0. The third kappa shape index (κ3) is 3.47. The molecule has 0 aliphatic heterocycles. The molecule has 1 atom stereocenters. The van der Waals surface area contributed by atoms with Gasteiger partial charge in [0.25, 0.3) is 0 Å². The molecular weight excluding hydrogens is 255 g/mol. The van der Waals surface area contributed by atoms with Gasteiger partial charge in [-0.1, -0.05) is 18.2 Å². The fourth-order valence-corrected chi connectivity index (χ4v) is 2.11. The number of hydrogen-bond acceptors (Lipinski definition) is 2. The van der Waals surface area contributed by atoms with Gasteiger partial charge in [0.1, 0.15) is 0 Å². The molecule has 0 fully saturated rings. The summed E-state index contributed by atoms with van der Waals surface area (Å²) < 4.78 is 38.4. The molecule has 0 spiro atoms. The number of aryl methyl sites for hydroxylation is 1. The fourth-order valence-electron chi connectivity index (χ4n) is 2.11. The second-order valence-corrected chi connectivity index (χ2v) is 4.69. The zero-order valence-electron chi connectivity index (χ0n) is 10.8. The Hall–Kier alpha value is -1.56. The minimum absolute atomic E-state index is 0.332. The van der Waals surface area contributed by atoms with Crippen molar-refractivity contribution in [2.45, 2.75) is 32.1 Å². The van der Waals surface area contributed by atoms with Crippen LogP contribution in [0.15, 0.2) is 24.3 Å². The van der Waals surface area contributed by atoms with Crippen LogP contribution in [0.1, 0.15) is 19.0 Å². The molecular formula is C13H16F3N3. The summed E-state index contributed by atoms with van der Waals surface area (Å²) in [6, 6.07) is 7.04. The van der Waals surface area contributed by atoms with E-state index in [1.54, 1.807) is 4.68 Å². The summed E-state index contributed by atoms with van der Waals surface area (Å²) in [5.41, 5.74) is 1.75. The first-order valence-electron chi connectivity index (χ1n) is 6.07. The van der Waals surface area contributed by atoms with E-state index < -0.39 is 18.6 Å². The van der Waals surface area contributed by atoms with E-state index in [2.05, 4.69) is 10.4 Å². The van der Waals surface area contributed by atoms with Gasteiger partial charge in [-0.25, -0.2) is 0 Å². The van der Waals surface area contributed by atoms with Crippen LogP contribution in [0.4, 0.5) is 13.2 Å². The van der Waals surface area contributed by atoms with E-state index >= 15 is 0 Å². The van der Waals surface area contributed by atoms with E-state index in [4.69, 9.17) is 0 Å². The summed E-state index contributed by atoms with van der Waals surface area (Å²) in [4.78, 5) is 0. The fraction of sp³-hybridized carbons (Fsp3) is 0.462. The first-order valence-corrected chi connectivity index (χ1v) is 6.07. The molecule has 0 saturated carbocycles. The SMILES string of the molecule is CC(CC(F)(F)F)NCc1nn(C)c2ccccc12. The van der Waals surface area contributed by atoms with Crippen LogP contribution in [0.3, 0.4) is 0 Å². The Balaban J connectivity index is 2.06. The van der Waals surface area contributed by atoms with E-state index in [-0.39, 0.29) is 0 Å². The standard InChI is InChI=1S/C13H16F3N3/c1-9(7-13(14,15)16)17-8-11-10-5-3-4-6-12(10)19(2)18-11/h3-6,9,17H,7-8H2,1-2H3. The van der Waals surface area contributed by atoms with Gasteiger partial charge < -0.3 is 5.32 Å². The van der Waals surface area contributed by atoms with Gasteiger partial charge in [-0.3, -0.25) is 4.68 Å².